The van der Waals surface area contributed by atoms with Crippen molar-refractivity contribution in [3.63, 3.8) is 0 Å². The quantitative estimate of drug-likeness (QED) is 0.763. The van der Waals surface area contributed by atoms with Gasteiger partial charge >= 0.3 is 0 Å². The zero-order chi connectivity index (χ0) is 15.7. The van der Waals surface area contributed by atoms with E-state index in [0.29, 0.717) is 5.02 Å². The largest absolute Gasteiger partial charge is 0.309 e. The summed E-state index contributed by atoms with van der Waals surface area (Å²) < 4.78 is 27.8. The topological polar surface area (TPSA) is 12.0 Å². The molecule has 2 aromatic rings. The van der Waals surface area contributed by atoms with Gasteiger partial charge in [0.2, 0.25) is 0 Å². The lowest BCUT2D eigenvalue weighted by Crippen LogP contribution is -2.20. The maximum Gasteiger partial charge on any atom is 0.142 e. The van der Waals surface area contributed by atoms with Crippen LogP contribution in [-0.2, 0) is 0 Å². The predicted octanol–water partition coefficient (Wildman–Crippen LogP) is 5.20. The maximum atomic E-state index is 14.1. The van der Waals surface area contributed by atoms with Gasteiger partial charge < -0.3 is 5.32 Å². The van der Waals surface area contributed by atoms with Crippen LogP contribution in [0.2, 0.25) is 10.0 Å². The zero-order valence-electron chi connectivity index (χ0n) is 11.9. The van der Waals surface area contributed by atoms with Crippen LogP contribution in [0, 0.1) is 25.5 Å². The standard InChI is InChI=1S/C16H15Cl2F2N/c1-8-5-12(17)9(2)4-10(8)16(21-3)11-6-15(20)13(18)7-14(11)19/h4-7,16,21H,1-3H3. The predicted molar refractivity (Wildman–Crippen MR) is 83.2 cm³/mol. The van der Waals surface area contributed by atoms with Gasteiger partial charge in [0.1, 0.15) is 11.6 Å². The Balaban J connectivity index is 2.60. The van der Waals surface area contributed by atoms with Gasteiger partial charge in [0, 0.05) is 10.6 Å². The molecule has 2 rings (SSSR count). The summed E-state index contributed by atoms with van der Waals surface area (Å²) in [6.45, 7) is 3.76. The number of aryl methyl sites for hydroxylation is 2. The minimum atomic E-state index is -0.642. The first-order chi connectivity index (χ1) is 9.85. The van der Waals surface area contributed by atoms with E-state index in [9.17, 15) is 8.78 Å². The van der Waals surface area contributed by atoms with Crippen LogP contribution in [0.15, 0.2) is 24.3 Å². The molecule has 0 radical (unpaired) electrons. The molecule has 1 nitrogen and oxygen atoms in total. The van der Waals surface area contributed by atoms with Crippen LogP contribution >= 0.6 is 23.2 Å². The van der Waals surface area contributed by atoms with Gasteiger partial charge in [-0.05, 0) is 55.8 Å². The highest BCUT2D eigenvalue weighted by atomic mass is 35.5. The monoisotopic (exact) mass is 329 g/mol. The molecule has 0 fully saturated rings. The lowest BCUT2D eigenvalue weighted by molar-refractivity contribution is 0.557. The molecule has 1 unspecified atom stereocenters. The Labute approximate surface area is 132 Å². The molecule has 2 aromatic carbocycles. The summed E-state index contributed by atoms with van der Waals surface area (Å²) in [6, 6.07) is 5.34. The van der Waals surface area contributed by atoms with E-state index in [2.05, 4.69) is 5.32 Å². The third-order valence-corrected chi connectivity index (χ3v) is 4.19. The Morgan fingerprint density at radius 2 is 1.52 bits per heavy atom. The van der Waals surface area contributed by atoms with Crippen LogP contribution in [-0.4, -0.2) is 7.05 Å². The van der Waals surface area contributed by atoms with Gasteiger partial charge in [0.25, 0.3) is 0 Å². The summed E-state index contributed by atoms with van der Waals surface area (Å²) in [5.74, 6) is -1.19. The van der Waals surface area contributed by atoms with Crippen LogP contribution in [0.3, 0.4) is 0 Å². The van der Waals surface area contributed by atoms with Crippen molar-refractivity contribution < 1.29 is 8.78 Å². The van der Waals surface area contributed by atoms with E-state index in [1.165, 1.54) is 0 Å². The number of halogens is 4. The lowest BCUT2D eigenvalue weighted by atomic mass is 9.93. The van der Waals surface area contributed by atoms with Gasteiger partial charge in [-0.1, -0.05) is 29.3 Å². The van der Waals surface area contributed by atoms with Gasteiger partial charge in [-0.15, -0.1) is 0 Å². The Morgan fingerprint density at radius 3 is 2.14 bits per heavy atom. The van der Waals surface area contributed by atoms with E-state index in [0.717, 1.165) is 28.8 Å². The average molecular weight is 330 g/mol. The SMILES string of the molecule is CNC(c1cc(C)c(Cl)cc1C)c1cc(F)c(Cl)cc1F. The Bertz CT molecular complexity index is 629. The molecule has 0 heterocycles. The normalized spacial score (nSPS) is 12.5. The van der Waals surface area contributed by atoms with E-state index < -0.39 is 17.7 Å². The summed E-state index contributed by atoms with van der Waals surface area (Å²) in [5.41, 5.74) is 2.84. The fourth-order valence-electron chi connectivity index (χ4n) is 2.35. The molecule has 0 aromatic heterocycles. The van der Waals surface area contributed by atoms with Crippen LogP contribution < -0.4 is 5.32 Å². The van der Waals surface area contributed by atoms with Crippen molar-refractivity contribution in [1.29, 1.82) is 0 Å². The fourth-order valence-corrected chi connectivity index (χ4v) is 2.72. The first-order valence-corrected chi connectivity index (χ1v) is 7.19. The van der Waals surface area contributed by atoms with Gasteiger partial charge in [-0.2, -0.15) is 0 Å². The van der Waals surface area contributed by atoms with Gasteiger partial charge in [0.15, 0.2) is 0 Å². The molecule has 0 bridgehead atoms. The fraction of sp³-hybridized carbons (Fsp3) is 0.250. The molecular formula is C16H15Cl2F2N. The van der Waals surface area contributed by atoms with Crippen molar-refractivity contribution in [2.45, 2.75) is 19.9 Å². The van der Waals surface area contributed by atoms with E-state index >= 15 is 0 Å². The molecule has 0 saturated heterocycles. The molecule has 1 atom stereocenters. The molecular weight excluding hydrogens is 315 g/mol. The molecule has 5 heteroatoms. The molecule has 112 valence electrons. The minimum absolute atomic E-state index is 0.212. The molecule has 0 saturated carbocycles. The van der Waals surface area contributed by atoms with Crippen LogP contribution in [0.1, 0.15) is 28.3 Å². The second-order valence-corrected chi connectivity index (χ2v) is 5.78. The first kappa shape index (κ1) is 16.2. The third-order valence-electron chi connectivity index (χ3n) is 3.50. The van der Waals surface area contributed by atoms with E-state index in [4.69, 9.17) is 23.2 Å². The second-order valence-electron chi connectivity index (χ2n) is 4.97. The van der Waals surface area contributed by atoms with E-state index in [1.54, 1.807) is 7.05 Å². The Kier molecular flexibility index (Phi) is 4.87. The summed E-state index contributed by atoms with van der Waals surface area (Å²) >= 11 is 11.7. The van der Waals surface area contributed by atoms with Crippen molar-refractivity contribution in [3.05, 3.63) is 68.2 Å². The molecule has 0 amide bonds. The highest BCUT2D eigenvalue weighted by Gasteiger charge is 2.21. The highest BCUT2D eigenvalue weighted by molar-refractivity contribution is 6.31. The summed E-state index contributed by atoms with van der Waals surface area (Å²) in [4.78, 5) is 0. The summed E-state index contributed by atoms with van der Waals surface area (Å²) in [6.07, 6.45) is 0. The van der Waals surface area contributed by atoms with Gasteiger partial charge in [0.05, 0.1) is 11.1 Å². The van der Waals surface area contributed by atoms with Crippen LogP contribution in [0.4, 0.5) is 8.78 Å². The lowest BCUT2D eigenvalue weighted by Gasteiger charge is -2.21. The van der Waals surface area contributed by atoms with E-state index in [-0.39, 0.29) is 10.6 Å². The zero-order valence-corrected chi connectivity index (χ0v) is 13.4. The molecule has 1 N–H and O–H groups in total. The summed E-state index contributed by atoms with van der Waals surface area (Å²) in [7, 11) is 1.69. The first-order valence-electron chi connectivity index (χ1n) is 6.43. The number of hydrogen-bond acceptors (Lipinski definition) is 1. The molecule has 0 aliphatic rings. The van der Waals surface area contributed by atoms with Crippen molar-refractivity contribution >= 4 is 23.2 Å². The number of nitrogens with one attached hydrogen (secondary N) is 1. The molecule has 0 spiro atoms. The third kappa shape index (κ3) is 3.20. The molecule has 21 heavy (non-hydrogen) atoms. The second kappa shape index (κ2) is 6.30. The number of rotatable bonds is 3. The van der Waals surface area contributed by atoms with Gasteiger partial charge in [-0.3, -0.25) is 0 Å². The van der Waals surface area contributed by atoms with Crippen molar-refractivity contribution in [3.8, 4) is 0 Å². The van der Waals surface area contributed by atoms with Crippen molar-refractivity contribution in [1.82, 2.24) is 5.32 Å². The number of hydrogen-bond donors (Lipinski definition) is 1. The molecule has 0 aliphatic heterocycles. The minimum Gasteiger partial charge on any atom is -0.309 e. The maximum absolute atomic E-state index is 14.1. The van der Waals surface area contributed by atoms with Crippen LogP contribution in [0.25, 0.3) is 0 Å². The smallest absolute Gasteiger partial charge is 0.142 e. The highest BCUT2D eigenvalue weighted by Crippen LogP contribution is 2.32. The summed E-state index contributed by atoms with van der Waals surface area (Å²) in [5, 5.41) is 3.44. The van der Waals surface area contributed by atoms with Crippen molar-refractivity contribution in [2.75, 3.05) is 7.05 Å². The van der Waals surface area contributed by atoms with Crippen LogP contribution in [0.5, 0.6) is 0 Å². The molecule has 0 aliphatic carbocycles. The van der Waals surface area contributed by atoms with Crippen molar-refractivity contribution in [2.24, 2.45) is 0 Å². The van der Waals surface area contributed by atoms with E-state index in [1.807, 2.05) is 26.0 Å². The number of benzene rings is 2. The van der Waals surface area contributed by atoms with Gasteiger partial charge in [-0.25, -0.2) is 8.78 Å². The Morgan fingerprint density at radius 1 is 0.857 bits per heavy atom. The average Bonchev–Trinajstić information content (AvgIpc) is 2.42. The Hall–Kier alpha value is -1.16.